The summed E-state index contributed by atoms with van der Waals surface area (Å²) < 4.78 is 5.64. The van der Waals surface area contributed by atoms with Crippen LogP contribution in [0, 0.1) is 13.8 Å². The van der Waals surface area contributed by atoms with E-state index in [-0.39, 0.29) is 6.10 Å². The van der Waals surface area contributed by atoms with E-state index in [9.17, 15) is 0 Å². The van der Waals surface area contributed by atoms with Crippen molar-refractivity contribution >= 4 is 23.0 Å². The molecule has 0 fully saturated rings. The van der Waals surface area contributed by atoms with Crippen LogP contribution in [-0.2, 0) is 6.54 Å². The molecule has 0 heterocycles. The lowest BCUT2D eigenvalue weighted by atomic mass is 10.1. The summed E-state index contributed by atoms with van der Waals surface area (Å²) in [6, 6.07) is 14.4. The van der Waals surface area contributed by atoms with E-state index in [4.69, 9.17) is 17.0 Å². The van der Waals surface area contributed by atoms with E-state index in [1.807, 2.05) is 38.1 Å². The first-order valence-corrected chi connectivity index (χ1v) is 8.22. The highest BCUT2D eigenvalue weighted by atomic mass is 32.1. The Hall–Kier alpha value is -2.07. The van der Waals surface area contributed by atoms with Crippen LogP contribution in [-0.4, -0.2) is 11.2 Å². The molecular formula is C19H24N2OS. The molecule has 0 aliphatic carbocycles. The molecular weight excluding hydrogens is 304 g/mol. The highest BCUT2D eigenvalue weighted by molar-refractivity contribution is 7.80. The number of thiocarbonyl (C=S) groups is 1. The molecule has 0 saturated carbocycles. The van der Waals surface area contributed by atoms with Gasteiger partial charge in [-0.3, -0.25) is 0 Å². The number of ether oxygens (including phenoxy) is 1. The van der Waals surface area contributed by atoms with E-state index in [1.165, 1.54) is 11.1 Å². The van der Waals surface area contributed by atoms with E-state index >= 15 is 0 Å². The van der Waals surface area contributed by atoms with Gasteiger partial charge < -0.3 is 15.4 Å². The standard InChI is InChI=1S/C19H24N2OS/c1-13(2)22-18-7-5-16(6-8-18)12-20-19(23)21-17-10-14(3)9-15(4)11-17/h5-11,13H,12H2,1-4H3,(H2,20,21,23). The Morgan fingerprint density at radius 1 is 1.04 bits per heavy atom. The van der Waals surface area contributed by atoms with Gasteiger partial charge >= 0.3 is 0 Å². The molecule has 122 valence electrons. The molecule has 0 aliphatic heterocycles. The zero-order valence-corrected chi connectivity index (χ0v) is 15.0. The molecule has 0 amide bonds. The SMILES string of the molecule is Cc1cc(C)cc(NC(=S)NCc2ccc(OC(C)C)cc2)c1. The zero-order chi connectivity index (χ0) is 16.8. The van der Waals surface area contributed by atoms with Crippen LogP contribution in [0.1, 0.15) is 30.5 Å². The fourth-order valence-corrected chi connectivity index (χ4v) is 2.55. The summed E-state index contributed by atoms with van der Waals surface area (Å²) in [5.41, 5.74) is 4.61. The number of benzene rings is 2. The first kappa shape index (κ1) is 17.3. The summed E-state index contributed by atoms with van der Waals surface area (Å²) in [4.78, 5) is 0. The molecule has 0 aliphatic rings. The predicted octanol–water partition coefficient (Wildman–Crippen LogP) is 4.58. The molecule has 23 heavy (non-hydrogen) atoms. The second kappa shape index (κ2) is 7.97. The van der Waals surface area contributed by atoms with Crippen LogP contribution in [0.15, 0.2) is 42.5 Å². The van der Waals surface area contributed by atoms with Gasteiger partial charge in [-0.15, -0.1) is 0 Å². The molecule has 0 unspecified atom stereocenters. The first-order chi connectivity index (χ1) is 10.9. The van der Waals surface area contributed by atoms with Gasteiger partial charge in [0.15, 0.2) is 5.11 Å². The number of hydrogen-bond acceptors (Lipinski definition) is 2. The molecule has 0 saturated heterocycles. The van der Waals surface area contributed by atoms with Crippen LogP contribution < -0.4 is 15.4 Å². The Kier molecular flexibility index (Phi) is 5.99. The molecule has 3 nitrogen and oxygen atoms in total. The Balaban J connectivity index is 1.86. The molecule has 0 atom stereocenters. The Morgan fingerprint density at radius 3 is 2.22 bits per heavy atom. The van der Waals surface area contributed by atoms with Crippen LogP contribution in [0.2, 0.25) is 0 Å². The normalized spacial score (nSPS) is 10.5. The lowest BCUT2D eigenvalue weighted by Gasteiger charge is -2.13. The molecule has 2 aromatic carbocycles. The summed E-state index contributed by atoms with van der Waals surface area (Å²) in [5.74, 6) is 0.889. The predicted molar refractivity (Wildman–Crippen MR) is 101 cm³/mol. The lowest BCUT2D eigenvalue weighted by molar-refractivity contribution is 0.242. The second-order valence-electron chi connectivity index (χ2n) is 5.99. The number of nitrogens with one attached hydrogen (secondary N) is 2. The maximum Gasteiger partial charge on any atom is 0.171 e. The molecule has 2 rings (SSSR count). The average Bonchev–Trinajstić information content (AvgIpc) is 2.45. The monoisotopic (exact) mass is 328 g/mol. The van der Waals surface area contributed by atoms with E-state index in [0.717, 1.165) is 17.0 Å². The number of hydrogen-bond donors (Lipinski definition) is 2. The van der Waals surface area contributed by atoms with Gasteiger partial charge in [-0.2, -0.15) is 0 Å². The molecule has 4 heteroatoms. The maximum atomic E-state index is 5.64. The molecule has 2 aromatic rings. The minimum Gasteiger partial charge on any atom is -0.491 e. The summed E-state index contributed by atoms with van der Waals surface area (Å²) >= 11 is 5.36. The van der Waals surface area contributed by atoms with Crippen molar-refractivity contribution < 1.29 is 4.74 Å². The third-order valence-corrected chi connectivity index (χ3v) is 3.47. The second-order valence-corrected chi connectivity index (χ2v) is 6.40. The fraction of sp³-hybridized carbons (Fsp3) is 0.316. The van der Waals surface area contributed by atoms with Gasteiger partial charge in [0.2, 0.25) is 0 Å². The van der Waals surface area contributed by atoms with Crippen molar-refractivity contribution in [1.29, 1.82) is 0 Å². The van der Waals surface area contributed by atoms with Crippen molar-refractivity contribution in [3.63, 3.8) is 0 Å². The van der Waals surface area contributed by atoms with Crippen LogP contribution in [0.3, 0.4) is 0 Å². The van der Waals surface area contributed by atoms with Crippen LogP contribution in [0.25, 0.3) is 0 Å². The molecule has 2 N–H and O–H groups in total. The first-order valence-electron chi connectivity index (χ1n) is 7.81. The third kappa shape index (κ3) is 5.91. The summed E-state index contributed by atoms with van der Waals surface area (Å²) in [5, 5.41) is 7.08. The highest BCUT2D eigenvalue weighted by Crippen LogP contribution is 2.15. The summed E-state index contributed by atoms with van der Waals surface area (Å²) in [6.07, 6.45) is 0.188. The van der Waals surface area contributed by atoms with E-state index < -0.39 is 0 Å². The van der Waals surface area contributed by atoms with Crippen molar-refractivity contribution in [1.82, 2.24) is 5.32 Å². The van der Waals surface area contributed by atoms with Gasteiger partial charge in [-0.25, -0.2) is 0 Å². The van der Waals surface area contributed by atoms with Crippen LogP contribution in [0.5, 0.6) is 5.75 Å². The summed E-state index contributed by atoms with van der Waals surface area (Å²) in [6.45, 7) is 8.88. The van der Waals surface area contributed by atoms with E-state index in [1.54, 1.807) is 0 Å². The van der Waals surface area contributed by atoms with E-state index in [2.05, 4.69) is 42.7 Å². The topological polar surface area (TPSA) is 33.3 Å². The minimum absolute atomic E-state index is 0.188. The van der Waals surface area contributed by atoms with Gasteiger partial charge in [0, 0.05) is 12.2 Å². The molecule has 0 radical (unpaired) electrons. The van der Waals surface area contributed by atoms with Gasteiger partial charge in [-0.1, -0.05) is 18.2 Å². The van der Waals surface area contributed by atoms with Crippen LogP contribution >= 0.6 is 12.2 Å². The number of aryl methyl sites for hydroxylation is 2. The van der Waals surface area contributed by atoms with Gasteiger partial charge in [0.05, 0.1) is 6.10 Å². The Labute approximate surface area is 144 Å². The van der Waals surface area contributed by atoms with Crippen molar-refractivity contribution in [2.75, 3.05) is 5.32 Å². The van der Waals surface area contributed by atoms with Crippen LogP contribution in [0.4, 0.5) is 5.69 Å². The van der Waals surface area contributed by atoms with Crippen molar-refractivity contribution in [3.8, 4) is 5.75 Å². The van der Waals surface area contributed by atoms with Gasteiger partial charge in [0.25, 0.3) is 0 Å². The Morgan fingerprint density at radius 2 is 1.65 bits per heavy atom. The van der Waals surface area contributed by atoms with E-state index in [0.29, 0.717) is 11.7 Å². The largest absolute Gasteiger partial charge is 0.491 e. The van der Waals surface area contributed by atoms with Gasteiger partial charge in [0.1, 0.15) is 5.75 Å². The van der Waals surface area contributed by atoms with Crippen molar-refractivity contribution in [2.24, 2.45) is 0 Å². The van der Waals surface area contributed by atoms with Gasteiger partial charge in [-0.05, 0) is 80.9 Å². The Bertz CT molecular complexity index is 645. The lowest BCUT2D eigenvalue weighted by Crippen LogP contribution is -2.27. The summed E-state index contributed by atoms with van der Waals surface area (Å²) in [7, 11) is 0. The average molecular weight is 328 g/mol. The molecule has 0 spiro atoms. The fourth-order valence-electron chi connectivity index (χ4n) is 2.36. The molecule has 0 bridgehead atoms. The van der Waals surface area contributed by atoms with Crippen molar-refractivity contribution in [3.05, 3.63) is 59.2 Å². The maximum absolute atomic E-state index is 5.64. The zero-order valence-electron chi connectivity index (χ0n) is 14.1. The molecule has 0 aromatic heterocycles. The quantitative estimate of drug-likeness (QED) is 0.787. The van der Waals surface area contributed by atoms with Crippen molar-refractivity contribution in [2.45, 2.75) is 40.3 Å². The smallest absolute Gasteiger partial charge is 0.171 e. The third-order valence-electron chi connectivity index (χ3n) is 3.23. The number of rotatable bonds is 5. The number of anilines is 1. The minimum atomic E-state index is 0.188. The highest BCUT2D eigenvalue weighted by Gasteiger charge is 2.01.